The number of rotatable bonds is 4. The van der Waals surface area contributed by atoms with E-state index in [0.29, 0.717) is 0 Å². The van der Waals surface area contributed by atoms with Gasteiger partial charge >= 0.3 is 0 Å². The van der Waals surface area contributed by atoms with E-state index in [1.54, 1.807) is 10.9 Å². The van der Waals surface area contributed by atoms with Crippen LogP contribution in [-0.2, 0) is 11.8 Å². The van der Waals surface area contributed by atoms with Crippen LogP contribution in [0.2, 0.25) is 0 Å². The lowest BCUT2D eigenvalue weighted by Gasteiger charge is -2.36. The van der Waals surface area contributed by atoms with Gasteiger partial charge in [0.2, 0.25) is 0 Å². The number of aryl methyl sites for hydroxylation is 1. The first-order valence-corrected chi connectivity index (χ1v) is 5.91. The molecule has 0 amide bonds. The Morgan fingerprint density at radius 1 is 1.71 bits per heavy atom. The van der Waals surface area contributed by atoms with E-state index in [9.17, 15) is 0 Å². The van der Waals surface area contributed by atoms with Crippen LogP contribution in [0, 0.1) is 0 Å². The first kappa shape index (κ1) is 12.4. The van der Waals surface area contributed by atoms with Crippen LogP contribution in [0.4, 0.5) is 0 Å². The highest BCUT2D eigenvalue weighted by Crippen LogP contribution is 2.20. The van der Waals surface area contributed by atoms with Crippen LogP contribution >= 0.6 is 0 Å². The van der Waals surface area contributed by atoms with Gasteiger partial charge in [-0.3, -0.25) is 15.4 Å². The van der Waals surface area contributed by atoms with Gasteiger partial charge in [0.25, 0.3) is 0 Å². The minimum Gasteiger partial charge on any atom is -0.373 e. The first-order chi connectivity index (χ1) is 8.26. The molecule has 0 spiro atoms. The second kappa shape index (κ2) is 5.54. The van der Waals surface area contributed by atoms with E-state index < -0.39 is 0 Å². The molecule has 0 saturated carbocycles. The van der Waals surface area contributed by atoms with Gasteiger partial charge in [-0.25, -0.2) is 5.43 Å². The minimum absolute atomic E-state index is 0.0332. The van der Waals surface area contributed by atoms with Gasteiger partial charge in [0.1, 0.15) is 0 Å². The van der Waals surface area contributed by atoms with Gasteiger partial charge in [-0.05, 0) is 6.54 Å². The molecule has 2 unspecified atom stereocenters. The fourth-order valence-corrected chi connectivity index (χ4v) is 2.18. The summed E-state index contributed by atoms with van der Waals surface area (Å²) in [6, 6.07) is -0.0793. The molecular weight excluding hydrogens is 220 g/mol. The lowest BCUT2D eigenvalue weighted by molar-refractivity contribution is -0.0468. The van der Waals surface area contributed by atoms with Gasteiger partial charge in [0.15, 0.2) is 0 Å². The summed E-state index contributed by atoms with van der Waals surface area (Å²) < 4.78 is 7.51. The van der Waals surface area contributed by atoms with Crippen molar-refractivity contribution in [3.05, 3.63) is 11.9 Å². The Balaban J connectivity index is 2.10. The quantitative estimate of drug-likeness (QED) is 0.521. The molecule has 0 radical (unpaired) electrons. The third-order valence-corrected chi connectivity index (χ3v) is 3.24. The van der Waals surface area contributed by atoms with E-state index in [2.05, 4.69) is 27.6 Å². The number of aromatic nitrogens is 3. The van der Waals surface area contributed by atoms with Gasteiger partial charge in [-0.15, -0.1) is 5.10 Å². The third kappa shape index (κ3) is 2.63. The smallest absolute Gasteiger partial charge is 0.0925 e. The molecule has 0 aliphatic carbocycles. The fourth-order valence-electron chi connectivity index (χ4n) is 2.18. The third-order valence-electron chi connectivity index (χ3n) is 3.24. The highest BCUT2D eigenvalue weighted by atomic mass is 16.5. The molecule has 1 saturated heterocycles. The zero-order valence-corrected chi connectivity index (χ0v) is 10.3. The second-order valence-corrected chi connectivity index (χ2v) is 4.23. The number of nitrogens with zero attached hydrogens (tertiary/aromatic N) is 4. The zero-order chi connectivity index (χ0) is 12.3. The molecule has 1 aromatic rings. The van der Waals surface area contributed by atoms with Crippen LogP contribution in [0.25, 0.3) is 0 Å². The van der Waals surface area contributed by atoms with E-state index in [4.69, 9.17) is 10.6 Å². The minimum atomic E-state index is -0.0793. The van der Waals surface area contributed by atoms with E-state index in [1.165, 1.54) is 0 Å². The number of morpholine rings is 1. The second-order valence-electron chi connectivity index (χ2n) is 4.23. The lowest BCUT2D eigenvalue weighted by atomic mass is 10.1. The van der Waals surface area contributed by atoms with Crippen molar-refractivity contribution in [1.29, 1.82) is 0 Å². The van der Waals surface area contributed by atoms with Crippen LogP contribution < -0.4 is 11.3 Å². The SMILES string of the molecule is CCN1CCOC(C(NN)c2cnnn2C)C1. The summed E-state index contributed by atoms with van der Waals surface area (Å²) in [6.07, 6.45) is 1.75. The number of hydrazine groups is 1. The Bertz CT molecular complexity index is 354. The number of hydrogen-bond donors (Lipinski definition) is 2. The molecule has 0 aromatic carbocycles. The van der Waals surface area contributed by atoms with Gasteiger partial charge < -0.3 is 4.74 Å². The summed E-state index contributed by atoms with van der Waals surface area (Å²) in [7, 11) is 1.85. The lowest BCUT2D eigenvalue weighted by Crippen LogP contribution is -2.49. The maximum Gasteiger partial charge on any atom is 0.0925 e. The van der Waals surface area contributed by atoms with Crippen LogP contribution in [0.5, 0.6) is 0 Å². The van der Waals surface area contributed by atoms with Crippen molar-refractivity contribution in [3.8, 4) is 0 Å². The molecule has 1 fully saturated rings. The predicted octanol–water partition coefficient (Wildman–Crippen LogP) is -0.960. The van der Waals surface area contributed by atoms with Crippen molar-refractivity contribution in [1.82, 2.24) is 25.3 Å². The van der Waals surface area contributed by atoms with Crippen LogP contribution in [-0.4, -0.2) is 52.2 Å². The summed E-state index contributed by atoms with van der Waals surface area (Å²) in [5, 5.41) is 7.79. The molecule has 2 rings (SSSR count). The topological polar surface area (TPSA) is 81.2 Å². The fraction of sp³-hybridized carbons (Fsp3) is 0.800. The molecule has 1 aliphatic heterocycles. The molecule has 1 aromatic heterocycles. The average molecular weight is 240 g/mol. The number of nitrogens with one attached hydrogen (secondary N) is 1. The van der Waals surface area contributed by atoms with Gasteiger partial charge in [0, 0.05) is 20.1 Å². The molecule has 1 aliphatic rings. The monoisotopic (exact) mass is 240 g/mol. The molecule has 7 heteroatoms. The first-order valence-electron chi connectivity index (χ1n) is 5.91. The van der Waals surface area contributed by atoms with Crippen molar-refractivity contribution in [3.63, 3.8) is 0 Å². The standard InChI is InChI=1S/C10H20N6O/c1-3-16-4-5-17-9(7-16)10(13-11)8-6-12-14-15(8)2/h6,9-10,13H,3-5,7,11H2,1-2H3. The molecule has 7 nitrogen and oxygen atoms in total. The number of nitrogens with two attached hydrogens (primary N) is 1. The summed E-state index contributed by atoms with van der Waals surface area (Å²) in [5.41, 5.74) is 3.75. The summed E-state index contributed by atoms with van der Waals surface area (Å²) >= 11 is 0. The predicted molar refractivity (Wildman–Crippen MR) is 62.9 cm³/mol. The molecule has 3 N–H and O–H groups in total. The largest absolute Gasteiger partial charge is 0.373 e. The normalized spacial score (nSPS) is 23.8. The van der Waals surface area contributed by atoms with Gasteiger partial charge in [-0.1, -0.05) is 12.1 Å². The average Bonchev–Trinajstić information content (AvgIpc) is 2.77. The van der Waals surface area contributed by atoms with Crippen molar-refractivity contribution < 1.29 is 4.74 Å². The molecule has 17 heavy (non-hydrogen) atoms. The highest BCUT2D eigenvalue weighted by molar-refractivity contribution is 5.05. The molecule has 2 heterocycles. The Kier molecular flexibility index (Phi) is 4.06. The van der Waals surface area contributed by atoms with Crippen LogP contribution in [0.15, 0.2) is 6.20 Å². The summed E-state index contributed by atoms with van der Waals surface area (Å²) in [5.74, 6) is 5.63. The Morgan fingerprint density at radius 2 is 2.53 bits per heavy atom. The van der Waals surface area contributed by atoms with Crippen molar-refractivity contribution in [2.24, 2.45) is 12.9 Å². The Hall–Kier alpha value is -1.02. The zero-order valence-electron chi connectivity index (χ0n) is 10.3. The van der Waals surface area contributed by atoms with Crippen LogP contribution in [0.1, 0.15) is 18.7 Å². The molecule has 96 valence electrons. The van der Waals surface area contributed by atoms with E-state index >= 15 is 0 Å². The maximum absolute atomic E-state index is 5.79. The van der Waals surface area contributed by atoms with E-state index in [1.807, 2.05) is 7.05 Å². The van der Waals surface area contributed by atoms with E-state index in [-0.39, 0.29) is 12.1 Å². The summed E-state index contributed by atoms with van der Waals surface area (Å²) in [6.45, 7) is 5.77. The summed E-state index contributed by atoms with van der Waals surface area (Å²) in [4.78, 5) is 2.35. The molecule has 0 bridgehead atoms. The Morgan fingerprint density at radius 3 is 3.12 bits per heavy atom. The number of likely N-dealkylation sites (N-methyl/N-ethyl adjacent to an activating group) is 1. The van der Waals surface area contributed by atoms with Gasteiger partial charge in [0.05, 0.1) is 30.6 Å². The highest BCUT2D eigenvalue weighted by Gasteiger charge is 2.30. The van der Waals surface area contributed by atoms with E-state index in [0.717, 1.165) is 31.9 Å². The Labute approximate surface area is 101 Å². The number of hydrogen-bond acceptors (Lipinski definition) is 6. The van der Waals surface area contributed by atoms with Crippen LogP contribution in [0.3, 0.4) is 0 Å². The maximum atomic E-state index is 5.79. The van der Waals surface area contributed by atoms with Gasteiger partial charge in [-0.2, -0.15) is 0 Å². The van der Waals surface area contributed by atoms with Crippen molar-refractivity contribution >= 4 is 0 Å². The number of ether oxygens (including phenoxy) is 1. The van der Waals surface area contributed by atoms with Crippen molar-refractivity contribution in [2.45, 2.75) is 19.1 Å². The van der Waals surface area contributed by atoms with Crippen molar-refractivity contribution in [2.75, 3.05) is 26.2 Å². The molecular formula is C10H20N6O. The molecule has 2 atom stereocenters.